The molecule has 0 aromatic carbocycles. The molecular formula is C12H20BrNS2. The van der Waals surface area contributed by atoms with E-state index in [1.165, 1.54) is 34.4 Å². The van der Waals surface area contributed by atoms with Gasteiger partial charge in [-0.3, -0.25) is 0 Å². The Kier molecular flexibility index (Phi) is 7.79. The Morgan fingerprint density at radius 3 is 2.88 bits per heavy atom. The minimum absolute atomic E-state index is 0.483. The zero-order chi connectivity index (χ0) is 11.8. The van der Waals surface area contributed by atoms with Gasteiger partial charge in [0.15, 0.2) is 0 Å². The highest BCUT2D eigenvalue weighted by molar-refractivity contribution is 9.10. The van der Waals surface area contributed by atoms with Crippen LogP contribution >= 0.6 is 39.0 Å². The van der Waals surface area contributed by atoms with E-state index in [2.05, 4.69) is 45.9 Å². The van der Waals surface area contributed by atoms with Crippen LogP contribution in [0.25, 0.3) is 0 Å². The first-order valence-electron chi connectivity index (χ1n) is 5.70. The number of rotatable bonds is 8. The summed E-state index contributed by atoms with van der Waals surface area (Å²) in [5.41, 5.74) is 0. The fourth-order valence-corrected chi connectivity index (χ4v) is 3.49. The lowest BCUT2D eigenvalue weighted by Gasteiger charge is -2.11. The van der Waals surface area contributed by atoms with Crippen LogP contribution in [0.5, 0.6) is 0 Å². The van der Waals surface area contributed by atoms with Gasteiger partial charge in [0.05, 0.1) is 0 Å². The van der Waals surface area contributed by atoms with Gasteiger partial charge in [0.1, 0.15) is 0 Å². The minimum atomic E-state index is 0.483. The Balaban J connectivity index is 2.09. The number of thiophene rings is 1. The molecule has 0 aliphatic carbocycles. The SMILES string of the molecule is CSCCCCCNC(C)c1cc(Br)cs1. The Bertz CT molecular complexity index is 288. The van der Waals surface area contributed by atoms with Gasteiger partial charge in [-0.25, -0.2) is 0 Å². The third-order valence-corrected chi connectivity index (χ3v) is 5.06. The van der Waals surface area contributed by atoms with Gasteiger partial charge in [-0.05, 0) is 60.3 Å². The van der Waals surface area contributed by atoms with E-state index >= 15 is 0 Å². The first kappa shape index (κ1) is 14.6. The van der Waals surface area contributed by atoms with Crippen molar-refractivity contribution < 1.29 is 0 Å². The molecule has 1 nitrogen and oxygen atoms in total. The van der Waals surface area contributed by atoms with Gasteiger partial charge in [-0.15, -0.1) is 11.3 Å². The number of unbranched alkanes of at least 4 members (excludes halogenated alkanes) is 2. The van der Waals surface area contributed by atoms with Gasteiger partial charge in [0.2, 0.25) is 0 Å². The summed E-state index contributed by atoms with van der Waals surface area (Å²) in [5.74, 6) is 1.30. The summed E-state index contributed by atoms with van der Waals surface area (Å²) in [7, 11) is 0. The van der Waals surface area contributed by atoms with Crippen molar-refractivity contribution in [3.05, 3.63) is 20.8 Å². The van der Waals surface area contributed by atoms with Crippen LogP contribution in [0.1, 0.15) is 37.1 Å². The van der Waals surface area contributed by atoms with E-state index < -0.39 is 0 Å². The predicted octanol–water partition coefficient (Wildman–Crippen LogP) is 4.69. The molecule has 1 aromatic heterocycles. The monoisotopic (exact) mass is 321 g/mol. The van der Waals surface area contributed by atoms with E-state index in [4.69, 9.17) is 0 Å². The largest absolute Gasteiger partial charge is 0.309 e. The van der Waals surface area contributed by atoms with Gasteiger partial charge in [-0.1, -0.05) is 6.42 Å². The van der Waals surface area contributed by atoms with Crippen molar-refractivity contribution in [1.82, 2.24) is 5.32 Å². The number of hydrogen-bond acceptors (Lipinski definition) is 3. The molecule has 0 fully saturated rings. The van der Waals surface area contributed by atoms with E-state index in [0.717, 1.165) is 6.54 Å². The summed E-state index contributed by atoms with van der Waals surface area (Å²) in [6, 6.07) is 2.69. The molecule has 1 atom stereocenters. The van der Waals surface area contributed by atoms with Gasteiger partial charge in [0, 0.05) is 20.8 Å². The maximum atomic E-state index is 3.57. The quantitative estimate of drug-likeness (QED) is 0.697. The van der Waals surface area contributed by atoms with Gasteiger partial charge >= 0.3 is 0 Å². The molecule has 0 aliphatic rings. The first-order valence-corrected chi connectivity index (χ1v) is 8.77. The number of thioether (sulfide) groups is 1. The summed E-state index contributed by atoms with van der Waals surface area (Å²) in [5, 5.41) is 5.72. The van der Waals surface area contributed by atoms with Crippen molar-refractivity contribution in [2.45, 2.75) is 32.2 Å². The summed E-state index contributed by atoms with van der Waals surface area (Å²) >= 11 is 7.25. The Hall–Kier alpha value is 0.490. The molecule has 1 unspecified atom stereocenters. The lowest BCUT2D eigenvalue weighted by atomic mass is 10.2. The molecule has 0 spiro atoms. The van der Waals surface area contributed by atoms with Crippen molar-refractivity contribution in [2.24, 2.45) is 0 Å². The Labute approximate surface area is 116 Å². The highest BCUT2D eigenvalue weighted by Gasteiger charge is 2.06. The van der Waals surface area contributed by atoms with E-state index in [1.54, 1.807) is 0 Å². The Morgan fingerprint density at radius 2 is 2.25 bits per heavy atom. The van der Waals surface area contributed by atoms with Crippen LogP contribution in [-0.4, -0.2) is 18.6 Å². The minimum Gasteiger partial charge on any atom is -0.309 e. The van der Waals surface area contributed by atoms with Crippen molar-refractivity contribution in [3.8, 4) is 0 Å². The molecule has 16 heavy (non-hydrogen) atoms. The molecule has 92 valence electrons. The summed E-state index contributed by atoms with van der Waals surface area (Å²) in [6.45, 7) is 3.37. The number of hydrogen-bond donors (Lipinski definition) is 1. The molecule has 0 saturated carbocycles. The maximum absolute atomic E-state index is 3.57. The molecule has 0 bridgehead atoms. The summed E-state index contributed by atoms with van der Waals surface area (Å²) in [6.07, 6.45) is 6.16. The van der Waals surface area contributed by atoms with Crippen molar-refractivity contribution in [3.63, 3.8) is 0 Å². The lowest BCUT2D eigenvalue weighted by Crippen LogP contribution is -2.18. The fourth-order valence-electron chi connectivity index (χ4n) is 1.52. The second-order valence-corrected chi connectivity index (χ2v) is 6.74. The van der Waals surface area contributed by atoms with Crippen LogP contribution in [0.4, 0.5) is 0 Å². The molecule has 4 heteroatoms. The average Bonchev–Trinajstić information content (AvgIpc) is 2.70. The second kappa shape index (κ2) is 8.56. The van der Waals surface area contributed by atoms with Gasteiger partial charge in [-0.2, -0.15) is 11.8 Å². The molecule has 1 rings (SSSR count). The molecule has 1 heterocycles. The summed E-state index contributed by atoms with van der Waals surface area (Å²) in [4.78, 5) is 1.41. The second-order valence-electron chi connectivity index (χ2n) is 3.90. The third-order valence-electron chi connectivity index (χ3n) is 2.49. The summed E-state index contributed by atoms with van der Waals surface area (Å²) < 4.78 is 1.20. The molecular weight excluding hydrogens is 302 g/mol. The van der Waals surface area contributed by atoms with Crippen LogP contribution in [-0.2, 0) is 0 Å². The van der Waals surface area contributed by atoms with Crippen LogP contribution in [0.2, 0.25) is 0 Å². The topological polar surface area (TPSA) is 12.0 Å². The zero-order valence-electron chi connectivity index (χ0n) is 9.96. The average molecular weight is 322 g/mol. The van der Waals surface area contributed by atoms with Crippen LogP contribution in [0.3, 0.4) is 0 Å². The normalized spacial score (nSPS) is 12.9. The van der Waals surface area contributed by atoms with Gasteiger partial charge < -0.3 is 5.32 Å². The van der Waals surface area contributed by atoms with Crippen LogP contribution in [0, 0.1) is 0 Å². The Morgan fingerprint density at radius 1 is 1.44 bits per heavy atom. The fraction of sp³-hybridized carbons (Fsp3) is 0.667. The van der Waals surface area contributed by atoms with Crippen molar-refractivity contribution >= 4 is 39.0 Å². The number of halogens is 1. The maximum Gasteiger partial charge on any atom is 0.0386 e. The first-order chi connectivity index (χ1) is 7.74. The highest BCUT2D eigenvalue weighted by Crippen LogP contribution is 2.25. The zero-order valence-corrected chi connectivity index (χ0v) is 13.2. The molecule has 0 saturated heterocycles. The van der Waals surface area contributed by atoms with E-state index in [1.807, 2.05) is 23.1 Å². The molecule has 1 aromatic rings. The van der Waals surface area contributed by atoms with Crippen LogP contribution < -0.4 is 5.32 Å². The van der Waals surface area contributed by atoms with E-state index in [-0.39, 0.29) is 0 Å². The molecule has 0 radical (unpaired) electrons. The highest BCUT2D eigenvalue weighted by atomic mass is 79.9. The smallest absolute Gasteiger partial charge is 0.0386 e. The van der Waals surface area contributed by atoms with Crippen molar-refractivity contribution in [2.75, 3.05) is 18.6 Å². The van der Waals surface area contributed by atoms with Gasteiger partial charge in [0.25, 0.3) is 0 Å². The predicted molar refractivity (Wildman–Crippen MR) is 80.7 cm³/mol. The molecule has 1 N–H and O–H groups in total. The standard InChI is InChI=1S/C12H20BrNS2/c1-10(12-8-11(13)9-16-12)14-6-4-3-5-7-15-2/h8-10,14H,3-7H2,1-2H3. The molecule has 0 amide bonds. The van der Waals surface area contributed by atoms with E-state index in [0.29, 0.717) is 6.04 Å². The lowest BCUT2D eigenvalue weighted by molar-refractivity contribution is 0.550. The number of nitrogens with one attached hydrogen (secondary N) is 1. The van der Waals surface area contributed by atoms with Crippen molar-refractivity contribution in [1.29, 1.82) is 0 Å². The third kappa shape index (κ3) is 5.71. The molecule has 0 aliphatic heterocycles. The van der Waals surface area contributed by atoms with E-state index in [9.17, 15) is 0 Å². The van der Waals surface area contributed by atoms with Crippen LogP contribution in [0.15, 0.2) is 15.9 Å².